The molecule has 0 bridgehead atoms. The number of fused-ring (bicyclic) bond motifs is 1. The minimum atomic E-state index is 0.688. The van der Waals surface area contributed by atoms with Gasteiger partial charge in [0.1, 0.15) is 5.82 Å². The monoisotopic (exact) mass is 240 g/mol. The van der Waals surface area contributed by atoms with Gasteiger partial charge >= 0.3 is 0 Å². The van der Waals surface area contributed by atoms with E-state index in [0.29, 0.717) is 5.56 Å². The molecule has 92 valence electrons. The van der Waals surface area contributed by atoms with Crippen molar-refractivity contribution in [2.75, 3.05) is 6.54 Å². The van der Waals surface area contributed by atoms with Gasteiger partial charge in [-0.05, 0) is 31.0 Å². The van der Waals surface area contributed by atoms with E-state index in [1.54, 1.807) is 0 Å². The molecule has 1 N–H and O–H groups in total. The van der Waals surface area contributed by atoms with E-state index >= 15 is 0 Å². The number of hydrogen-bond donors (Lipinski definition) is 1. The van der Waals surface area contributed by atoms with Crippen molar-refractivity contribution in [1.82, 2.24) is 14.9 Å². The molecule has 0 amide bonds. The Morgan fingerprint density at radius 3 is 3.06 bits per heavy atom. The lowest BCUT2D eigenvalue weighted by Crippen LogP contribution is -2.20. The van der Waals surface area contributed by atoms with Crippen LogP contribution in [0.2, 0.25) is 0 Å². The second kappa shape index (κ2) is 4.43. The first kappa shape index (κ1) is 11.2. The van der Waals surface area contributed by atoms with Crippen molar-refractivity contribution in [3.8, 4) is 6.07 Å². The first-order valence-corrected chi connectivity index (χ1v) is 6.37. The average molecular weight is 240 g/mol. The molecule has 0 atom stereocenters. The lowest BCUT2D eigenvalue weighted by molar-refractivity contribution is 0.654. The molecule has 4 heteroatoms. The van der Waals surface area contributed by atoms with Crippen LogP contribution >= 0.6 is 0 Å². The topological polar surface area (TPSA) is 53.6 Å². The highest BCUT2D eigenvalue weighted by Crippen LogP contribution is 2.19. The molecule has 1 heterocycles. The Morgan fingerprint density at radius 2 is 2.33 bits per heavy atom. The Balaban J connectivity index is 1.83. The Kier molecular flexibility index (Phi) is 2.77. The molecule has 0 unspecified atom stereocenters. The van der Waals surface area contributed by atoms with Crippen molar-refractivity contribution in [3.63, 3.8) is 0 Å². The highest BCUT2D eigenvalue weighted by Gasteiger charge is 2.20. The van der Waals surface area contributed by atoms with Gasteiger partial charge in [-0.15, -0.1) is 0 Å². The van der Waals surface area contributed by atoms with E-state index < -0.39 is 0 Å². The van der Waals surface area contributed by atoms with Crippen LogP contribution in [0.4, 0.5) is 0 Å². The highest BCUT2D eigenvalue weighted by molar-refractivity contribution is 5.77. The summed E-state index contributed by atoms with van der Waals surface area (Å²) in [6.07, 6.45) is 3.56. The summed E-state index contributed by atoms with van der Waals surface area (Å²) in [4.78, 5) is 4.62. The quantitative estimate of drug-likeness (QED) is 0.885. The molecular weight excluding hydrogens is 224 g/mol. The summed E-state index contributed by atoms with van der Waals surface area (Å²) in [5.74, 6) is 1.08. The van der Waals surface area contributed by atoms with Crippen LogP contribution < -0.4 is 5.32 Å². The standard InChI is InChI=1S/C14H16N4/c1-18-13-8-10(9-15)2-5-12(13)17-14(18)6-7-16-11-3-4-11/h2,5,8,11,16H,3-4,6-7H2,1H3. The largest absolute Gasteiger partial charge is 0.331 e. The third-order valence-electron chi connectivity index (χ3n) is 3.46. The highest BCUT2D eigenvalue weighted by atomic mass is 15.1. The van der Waals surface area contributed by atoms with Crippen LogP contribution in [0.25, 0.3) is 11.0 Å². The zero-order valence-corrected chi connectivity index (χ0v) is 10.5. The van der Waals surface area contributed by atoms with E-state index in [1.807, 2.05) is 25.2 Å². The fourth-order valence-electron chi connectivity index (χ4n) is 2.21. The SMILES string of the molecule is Cn1c(CCNC2CC2)nc2ccc(C#N)cc21. The summed E-state index contributed by atoms with van der Waals surface area (Å²) in [6, 6.07) is 8.56. The number of hydrogen-bond acceptors (Lipinski definition) is 3. The van der Waals surface area contributed by atoms with Gasteiger partial charge in [-0.2, -0.15) is 5.26 Å². The summed E-state index contributed by atoms with van der Waals surface area (Å²) in [6.45, 7) is 0.979. The lowest BCUT2D eigenvalue weighted by Gasteiger charge is -2.03. The van der Waals surface area contributed by atoms with E-state index in [-0.39, 0.29) is 0 Å². The summed E-state index contributed by atoms with van der Waals surface area (Å²) >= 11 is 0. The van der Waals surface area contributed by atoms with Crippen molar-refractivity contribution < 1.29 is 0 Å². The molecule has 0 spiro atoms. The van der Waals surface area contributed by atoms with Gasteiger partial charge in [-0.1, -0.05) is 0 Å². The van der Waals surface area contributed by atoms with E-state index in [2.05, 4.69) is 20.9 Å². The molecule has 1 aromatic heterocycles. The third-order valence-corrected chi connectivity index (χ3v) is 3.46. The number of rotatable bonds is 4. The van der Waals surface area contributed by atoms with Gasteiger partial charge in [0, 0.05) is 26.1 Å². The molecule has 1 fully saturated rings. The van der Waals surface area contributed by atoms with Crippen LogP contribution in [-0.4, -0.2) is 22.1 Å². The predicted molar refractivity (Wildman–Crippen MR) is 70.2 cm³/mol. The first-order valence-electron chi connectivity index (χ1n) is 6.37. The van der Waals surface area contributed by atoms with Crippen LogP contribution in [0.1, 0.15) is 24.2 Å². The van der Waals surface area contributed by atoms with Gasteiger partial charge < -0.3 is 9.88 Å². The van der Waals surface area contributed by atoms with Crippen molar-refractivity contribution >= 4 is 11.0 Å². The minimum absolute atomic E-state index is 0.688. The first-order chi connectivity index (χ1) is 8.78. The summed E-state index contributed by atoms with van der Waals surface area (Å²) in [7, 11) is 2.02. The molecule has 1 aliphatic rings. The second-order valence-electron chi connectivity index (χ2n) is 4.88. The van der Waals surface area contributed by atoms with Gasteiger partial charge in [0.2, 0.25) is 0 Å². The number of aryl methyl sites for hydroxylation is 1. The molecule has 1 aromatic carbocycles. The number of aromatic nitrogens is 2. The zero-order chi connectivity index (χ0) is 12.5. The molecule has 0 saturated heterocycles. The van der Waals surface area contributed by atoms with Gasteiger partial charge in [0.15, 0.2) is 0 Å². The Hall–Kier alpha value is -1.86. The van der Waals surface area contributed by atoms with E-state index in [4.69, 9.17) is 5.26 Å². The van der Waals surface area contributed by atoms with Gasteiger partial charge in [0.05, 0.1) is 22.7 Å². The fraction of sp³-hybridized carbons (Fsp3) is 0.429. The maximum Gasteiger partial charge on any atom is 0.110 e. The molecule has 1 aliphatic carbocycles. The van der Waals surface area contributed by atoms with Crippen LogP contribution in [-0.2, 0) is 13.5 Å². The molecule has 2 aromatic rings. The summed E-state index contributed by atoms with van der Waals surface area (Å²) < 4.78 is 2.09. The van der Waals surface area contributed by atoms with Crippen molar-refractivity contribution in [3.05, 3.63) is 29.6 Å². The smallest absolute Gasteiger partial charge is 0.110 e. The minimum Gasteiger partial charge on any atom is -0.331 e. The van der Waals surface area contributed by atoms with Crippen molar-refractivity contribution in [2.24, 2.45) is 7.05 Å². The van der Waals surface area contributed by atoms with Crippen LogP contribution in [0.3, 0.4) is 0 Å². The van der Waals surface area contributed by atoms with Crippen molar-refractivity contribution in [1.29, 1.82) is 5.26 Å². The van der Waals surface area contributed by atoms with Gasteiger partial charge in [-0.25, -0.2) is 4.98 Å². The zero-order valence-electron chi connectivity index (χ0n) is 10.5. The van der Waals surface area contributed by atoms with Gasteiger partial charge in [0.25, 0.3) is 0 Å². The predicted octanol–water partition coefficient (Wildman–Crippen LogP) is 1.74. The summed E-state index contributed by atoms with van der Waals surface area (Å²) in [5, 5.41) is 12.4. The van der Waals surface area contributed by atoms with Crippen LogP contribution in [0, 0.1) is 11.3 Å². The molecule has 0 radical (unpaired) electrons. The second-order valence-corrected chi connectivity index (χ2v) is 4.88. The van der Waals surface area contributed by atoms with E-state index in [9.17, 15) is 0 Å². The number of nitriles is 1. The molecule has 1 saturated carbocycles. The molecule has 0 aliphatic heterocycles. The van der Waals surface area contributed by atoms with Gasteiger partial charge in [-0.3, -0.25) is 0 Å². The van der Waals surface area contributed by atoms with E-state index in [0.717, 1.165) is 35.9 Å². The maximum atomic E-state index is 8.91. The van der Waals surface area contributed by atoms with E-state index in [1.165, 1.54) is 12.8 Å². The Bertz CT molecular complexity index is 616. The maximum absolute atomic E-state index is 8.91. The third kappa shape index (κ3) is 2.09. The Morgan fingerprint density at radius 1 is 1.50 bits per heavy atom. The molecule has 4 nitrogen and oxygen atoms in total. The van der Waals surface area contributed by atoms with Crippen LogP contribution in [0.15, 0.2) is 18.2 Å². The van der Waals surface area contributed by atoms with Crippen LogP contribution in [0.5, 0.6) is 0 Å². The fourth-order valence-corrected chi connectivity index (χ4v) is 2.21. The number of benzene rings is 1. The van der Waals surface area contributed by atoms with Crippen molar-refractivity contribution in [2.45, 2.75) is 25.3 Å². The number of imidazole rings is 1. The Labute approximate surface area is 106 Å². The number of nitrogens with one attached hydrogen (secondary N) is 1. The normalized spacial score (nSPS) is 14.9. The lowest BCUT2D eigenvalue weighted by atomic mass is 10.2. The molecular formula is C14H16N4. The average Bonchev–Trinajstić information content (AvgIpc) is 3.16. The summed E-state index contributed by atoms with van der Waals surface area (Å²) in [5.41, 5.74) is 2.70. The number of nitrogens with zero attached hydrogens (tertiary/aromatic N) is 3. The molecule has 18 heavy (non-hydrogen) atoms. The molecule has 3 rings (SSSR count).